The normalized spacial score (nSPS) is 14.2. The highest BCUT2D eigenvalue weighted by Crippen LogP contribution is 2.24. The largest absolute Gasteiger partial charge is 0.385 e. The quantitative estimate of drug-likeness (QED) is 0.742. The molecule has 1 aromatic rings. The van der Waals surface area contributed by atoms with Crippen LogP contribution in [0.5, 0.6) is 0 Å². The van der Waals surface area contributed by atoms with Crippen molar-refractivity contribution < 1.29 is 9.53 Å². The minimum atomic E-state index is -0.841. The van der Waals surface area contributed by atoms with Gasteiger partial charge in [0.1, 0.15) is 5.54 Å². The number of nitrogens with one attached hydrogen (secondary N) is 1. The molecular weight excluding hydrogens is 216 g/mol. The molecule has 3 N–H and O–H groups in total. The minimum Gasteiger partial charge on any atom is -0.385 e. The number of nitrogens with two attached hydrogens (primary N) is 1. The molecule has 1 atom stereocenters. The zero-order valence-electron chi connectivity index (χ0n) is 10.4. The first-order valence-corrected chi connectivity index (χ1v) is 5.76. The Balaban J connectivity index is 3.10. The van der Waals surface area contributed by atoms with Gasteiger partial charge in [0, 0.05) is 20.1 Å². The number of hydrogen-bond donors (Lipinski definition) is 2. The number of rotatable bonds is 7. The van der Waals surface area contributed by atoms with E-state index in [1.807, 2.05) is 37.3 Å². The highest BCUT2D eigenvalue weighted by atomic mass is 16.5. The molecule has 17 heavy (non-hydrogen) atoms. The van der Waals surface area contributed by atoms with Crippen molar-refractivity contribution in [2.24, 2.45) is 5.73 Å². The van der Waals surface area contributed by atoms with Gasteiger partial charge < -0.3 is 10.5 Å². The molecule has 0 heterocycles. The summed E-state index contributed by atoms with van der Waals surface area (Å²) in [5.74, 6) is -0.373. The summed E-state index contributed by atoms with van der Waals surface area (Å²) < 4.78 is 5.07. The standard InChI is InChI=1S/C13H20N2O2/c1-3-15-13(12(14)16,9-10-17-2)11-7-5-4-6-8-11/h4-8,15H,3,9-10H2,1-2H3,(H2,14,16). The van der Waals surface area contributed by atoms with E-state index >= 15 is 0 Å². The predicted molar refractivity (Wildman–Crippen MR) is 67.5 cm³/mol. The van der Waals surface area contributed by atoms with Gasteiger partial charge in [0.05, 0.1) is 0 Å². The predicted octanol–water partition coefficient (Wildman–Crippen LogP) is 1.01. The summed E-state index contributed by atoms with van der Waals surface area (Å²) in [6, 6.07) is 9.53. The van der Waals surface area contributed by atoms with Crippen molar-refractivity contribution >= 4 is 5.91 Å². The number of likely N-dealkylation sites (N-methyl/N-ethyl adjacent to an activating group) is 1. The number of benzene rings is 1. The maximum absolute atomic E-state index is 11.8. The van der Waals surface area contributed by atoms with Gasteiger partial charge in [-0.3, -0.25) is 10.1 Å². The van der Waals surface area contributed by atoms with Crippen LogP contribution < -0.4 is 11.1 Å². The summed E-state index contributed by atoms with van der Waals surface area (Å²) in [6.45, 7) is 3.10. The van der Waals surface area contributed by atoms with Crippen molar-refractivity contribution in [2.75, 3.05) is 20.3 Å². The molecule has 0 saturated heterocycles. The molecule has 0 aliphatic rings. The number of amides is 1. The Hall–Kier alpha value is -1.39. The average molecular weight is 236 g/mol. The van der Waals surface area contributed by atoms with E-state index in [9.17, 15) is 4.79 Å². The molecule has 0 fully saturated rings. The van der Waals surface area contributed by atoms with Crippen molar-refractivity contribution in [2.45, 2.75) is 18.9 Å². The topological polar surface area (TPSA) is 64.3 Å². The molecule has 0 saturated carbocycles. The lowest BCUT2D eigenvalue weighted by atomic mass is 9.86. The Kier molecular flexibility index (Phi) is 5.12. The van der Waals surface area contributed by atoms with Crippen molar-refractivity contribution in [3.05, 3.63) is 35.9 Å². The number of primary amides is 1. The third-order valence-electron chi connectivity index (χ3n) is 2.85. The Labute approximate surface area is 102 Å². The van der Waals surface area contributed by atoms with Gasteiger partial charge in [0.25, 0.3) is 0 Å². The molecule has 1 aromatic carbocycles. The molecule has 4 nitrogen and oxygen atoms in total. The van der Waals surface area contributed by atoms with Gasteiger partial charge in [-0.2, -0.15) is 0 Å². The molecule has 0 aliphatic carbocycles. The molecule has 94 valence electrons. The molecule has 1 rings (SSSR count). The molecule has 0 spiro atoms. The van der Waals surface area contributed by atoms with Crippen molar-refractivity contribution in [1.82, 2.24) is 5.32 Å². The lowest BCUT2D eigenvalue weighted by molar-refractivity contribution is -0.125. The van der Waals surface area contributed by atoms with Crippen LogP contribution in [0.25, 0.3) is 0 Å². The smallest absolute Gasteiger partial charge is 0.242 e. The van der Waals surface area contributed by atoms with Crippen LogP contribution in [-0.4, -0.2) is 26.2 Å². The van der Waals surface area contributed by atoms with Crippen molar-refractivity contribution in [1.29, 1.82) is 0 Å². The highest BCUT2D eigenvalue weighted by Gasteiger charge is 2.37. The Morgan fingerprint density at radius 3 is 2.53 bits per heavy atom. The van der Waals surface area contributed by atoms with E-state index in [-0.39, 0.29) is 5.91 Å². The molecule has 1 unspecified atom stereocenters. The van der Waals surface area contributed by atoms with Crippen LogP contribution in [0.4, 0.5) is 0 Å². The SMILES string of the molecule is CCNC(CCOC)(C(N)=O)c1ccccc1. The van der Waals surface area contributed by atoms with Gasteiger partial charge in [0.2, 0.25) is 5.91 Å². The van der Waals surface area contributed by atoms with E-state index in [2.05, 4.69) is 5.32 Å². The van der Waals surface area contributed by atoms with E-state index in [1.54, 1.807) is 7.11 Å². The second-order valence-electron chi connectivity index (χ2n) is 3.91. The second kappa shape index (κ2) is 6.37. The molecular formula is C13H20N2O2. The number of ether oxygens (including phenoxy) is 1. The van der Waals surface area contributed by atoms with E-state index in [0.29, 0.717) is 19.6 Å². The van der Waals surface area contributed by atoms with Crippen molar-refractivity contribution in [3.8, 4) is 0 Å². The van der Waals surface area contributed by atoms with E-state index in [1.165, 1.54) is 0 Å². The molecule has 0 aliphatic heterocycles. The number of carbonyl (C=O) groups is 1. The van der Waals surface area contributed by atoms with Gasteiger partial charge in [-0.05, 0) is 12.1 Å². The maximum atomic E-state index is 11.8. The first-order chi connectivity index (χ1) is 8.17. The summed E-state index contributed by atoms with van der Waals surface area (Å²) in [7, 11) is 1.61. The summed E-state index contributed by atoms with van der Waals surface area (Å²) in [6.07, 6.45) is 0.524. The lowest BCUT2D eigenvalue weighted by Gasteiger charge is -2.31. The number of methoxy groups -OCH3 is 1. The molecule has 0 bridgehead atoms. The fraction of sp³-hybridized carbons (Fsp3) is 0.462. The Morgan fingerprint density at radius 1 is 1.41 bits per heavy atom. The Bertz CT molecular complexity index is 354. The van der Waals surface area contributed by atoms with Gasteiger partial charge in [-0.25, -0.2) is 0 Å². The first-order valence-electron chi connectivity index (χ1n) is 5.76. The average Bonchev–Trinajstić information content (AvgIpc) is 2.35. The zero-order chi connectivity index (χ0) is 12.7. The highest BCUT2D eigenvalue weighted by molar-refractivity contribution is 5.86. The monoisotopic (exact) mass is 236 g/mol. The second-order valence-corrected chi connectivity index (χ2v) is 3.91. The van der Waals surface area contributed by atoms with Crippen LogP contribution in [0.15, 0.2) is 30.3 Å². The maximum Gasteiger partial charge on any atom is 0.242 e. The zero-order valence-corrected chi connectivity index (χ0v) is 10.4. The lowest BCUT2D eigenvalue weighted by Crippen LogP contribution is -2.53. The third-order valence-corrected chi connectivity index (χ3v) is 2.85. The first kappa shape index (κ1) is 13.7. The minimum absolute atomic E-state index is 0.373. The number of carbonyl (C=O) groups excluding carboxylic acids is 1. The summed E-state index contributed by atoms with van der Waals surface area (Å²) in [5.41, 5.74) is 5.61. The fourth-order valence-electron chi connectivity index (χ4n) is 1.97. The van der Waals surface area contributed by atoms with Crippen LogP contribution in [0.2, 0.25) is 0 Å². The third kappa shape index (κ3) is 3.05. The van der Waals surface area contributed by atoms with Crippen LogP contribution >= 0.6 is 0 Å². The van der Waals surface area contributed by atoms with E-state index < -0.39 is 5.54 Å². The van der Waals surface area contributed by atoms with Crippen LogP contribution in [-0.2, 0) is 15.1 Å². The van der Waals surface area contributed by atoms with Gasteiger partial charge in [-0.1, -0.05) is 37.3 Å². The number of hydrogen-bond acceptors (Lipinski definition) is 3. The van der Waals surface area contributed by atoms with E-state index in [0.717, 1.165) is 5.56 Å². The summed E-state index contributed by atoms with van der Waals surface area (Å²) >= 11 is 0. The van der Waals surface area contributed by atoms with Gasteiger partial charge in [-0.15, -0.1) is 0 Å². The summed E-state index contributed by atoms with van der Waals surface area (Å²) in [4.78, 5) is 11.8. The molecule has 0 aromatic heterocycles. The van der Waals surface area contributed by atoms with E-state index in [4.69, 9.17) is 10.5 Å². The van der Waals surface area contributed by atoms with Crippen LogP contribution in [0.1, 0.15) is 18.9 Å². The molecule has 0 radical (unpaired) electrons. The fourth-order valence-corrected chi connectivity index (χ4v) is 1.97. The van der Waals surface area contributed by atoms with Crippen molar-refractivity contribution in [3.63, 3.8) is 0 Å². The molecule has 4 heteroatoms. The van der Waals surface area contributed by atoms with Crippen LogP contribution in [0.3, 0.4) is 0 Å². The molecule has 1 amide bonds. The van der Waals surface area contributed by atoms with Gasteiger partial charge >= 0.3 is 0 Å². The summed E-state index contributed by atoms with van der Waals surface area (Å²) in [5, 5.41) is 3.19. The van der Waals surface area contributed by atoms with Crippen LogP contribution in [0, 0.1) is 0 Å². The van der Waals surface area contributed by atoms with Gasteiger partial charge in [0.15, 0.2) is 0 Å². The Morgan fingerprint density at radius 2 is 2.06 bits per heavy atom.